The van der Waals surface area contributed by atoms with Crippen LogP contribution >= 0.6 is 0 Å². The molecule has 0 radical (unpaired) electrons. The molecule has 0 amide bonds. The number of alkyl halides is 3. The van der Waals surface area contributed by atoms with E-state index in [1.807, 2.05) is 0 Å². The SMILES string of the molecule is C[C@H](N=C(c1ccccc1)C(F)(F)F)C(=O)[O-].[K+]. The number of hydrogen-bond acceptors (Lipinski definition) is 3. The van der Waals surface area contributed by atoms with Crippen LogP contribution in [0.4, 0.5) is 13.2 Å². The normalized spacial score (nSPS) is 13.7. The molecule has 0 aromatic heterocycles. The molecule has 0 saturated heterocycles. The van der Waals surface area contributed by atoms with E-state index in [0.717, 1.165) is 6.92 Å². The number of halogens is 3. The monoisotopic (exact) mass is 283 g/mol. The second kappa shape index (κ2) is 7.39. The maximum Gasteiger partial charge on any atom is 1.00 e. The molecule has 1 atom stereocenters. The number of benzene rings is 1. The largest absolute Gasteiger partial charge is 1.00 e. The molecule has 0 aliphatic carbocycles. The molecular weight excluding hydrogens is 274 g/mol. The fourth-order valence-corrected chi connectivity index (χ4v) is 1.15. The van der Waals surface area contributed by atoms with Crippen molar-refractivity contribution in [2.45, 2.75) is 19.1 Å². The third-order valence-electron chi connectivity index (χ3n) is 1.98. The van der Waals surface area contributed by atoms with E-state index in [2.05, 4.69) is 4.99 Å². The van der Waals surface area contributed by atoms with Crippen molar-refractivity contribution < 1.29 is 74.5 Å². The molecule has 0 aliphatic rings. The number of rotatable bonds is 3. The topological polar surface area (TPSA) is 52.5 Å². The Balaban J connectivity index is 0.00000289. The third-order valence-corrected chi connectivity index (χ3v) is 1.98. The Kier molecular flexibility index (Phi) is 7.31. The summed E-state index contributed by atoms with van der Waals surface area (Å²) in [7, 11) is 0. The van der Waals surface area contributed by atoms with Crippen molar-refractivity contribution in [3.05, 3.63) is 35.9 Å². The predicted octanol–water partition coefficient (Wildman–Crippen LogP) is -1.82. The molecule has 92 valence electrons. The molecule has 0 bridgehead atoms. The molecule has 1 aromatic carbocycles. The minimum absolute atomic E-state index is 0. The maximum atomic E-state index is 12.7. The van der Waals surface area contributed by atoms with Crippen LogP contribution in [0.5, 0.6) is 0 Å². The minimum Gasteiger partial charge on any atom is -0.548 e. The molecule has 0 fully saturated rings. The Morgan fingerprint density at radius 1 is 1.28 bits per heavy atom. The van der Waals surface area contributed by atoms with Gasteiger partial charge in [0.25, 0.3) is 0 Å². The van der Waals surface area contributed by atoms with Crippen LogP contribution in [0.2, 0.25) is 0 Å². The van der Waals surface area contributed by atoms with Gasteiger partial charge < -0.3 is 9.90 Å². The van der Waals surface area contributed by atoms with Crippen LogP contribution < -0.4 is 56.5 Å². The standard InChI is InChI=1S/C11H10F3NO2.K/c1-7(10(16)17)15-9(11(12,13)14)8-5-3-2-4-6-8;/h2-7H,1H3,(H,16,17);/q;+1/p-1/t7-;/m0./s1. The third kappa shape index (κ3) is 5.19. The van der Waals surface area contributed by atoms with E-state index in [1.54, 1.807) is 6.07 Å². The van der Waals surface area contributed by atoms with Crippen molar-refractivity contribution in [3.8, 4) is 0 Å². The van der Waals surface area contributed by atoms with Gasteiger partial charge >= 0.3 is 57.6 Å². The van der Waals surface area contributed by atoms with Crippen LogP contribution in [0, 0.1) is 0 Å². The van der Waals surface area contributed by atoms with Crippen molar-refractivity contribution in [1.82, 2.24) is 0 Å². The fourth-order valence-electron chi connectivity index (χ4n) is 1.15. The van der Waals surface area contributed by atoms with Crippen LogP contribution in [-0.4, -0.2) is 23.9 Å². The molecule has 0 N–H and O–H groups in total. The van der Waals surface area contributed by atoms with Gasteiger partial charge in [-0.25, -0.2) is 0 Å². The molecule has 0 spiro atoms. The molecule has 1 rings (SSSR count). The Labute approximate surface area is 145 Å². The van der Waals surface area contributed by atoms with Crippen molar-refractivity contribution in [2.75, 3.05) is 0 Å². The Bertz CT molecular complexity index is 432. The molecule has 0 unspecified atom stereocenters. The first-order valence-electron chi connectivity index (χ1n) is 4.73. The van der Waals surface area contributed by atoms with Gasteiger partial charge in [0.1, 0.15) is 5.71 Å². The molecule has 0 aliphatic heterocycles. The smallest absolute Gasteiger partial charge is 0.548 e. The average Bonchev–Trinajstić information content (AvgIpc) is 2.25. The van der Waals surface area contributed by atoms with Gasteiger partial charge in [-0.1, -0.05) is 30.3 Å². The van der Waals surface area contributed by atoms with Gasteiger partial charge in [0, 0.05) is 5.56 Å². The van der Waals surface area contributed by atoms with E-state index in [0.29, 0.717) is 0 Å². The van der Waals surface area contributed by atoms with E-state index in [4.69, 9.17) is 0 Å². The van der Waals surface area contributed by atoms with Gasteiger partial charge in [-0.3, -0.25) is 4.99 Å². The zero-order valence-corrected chi connectivity index (χ0v) is 13.0. The zero-order valence-electron chi connectivity index (χ0n) is 9.86. The van der Waals surface area contributed by atoms with Crippen LogP contribution in [0.15, 0.2) is 35.3 Å². The first-order chi connectivity index (χ1) is 7.82. The summed E-state index contributed by atoms with van der Waals surface area (Å²) in [4.78, 5) is 13.6. The van der Waals surface area contributed by atoms with Gasteiger partial charge in [-0.05, 0) is 6.92 Å². The van der Waals surface area contributed by atoms with Crippen LogP contribution in [0.3, 0.4) is 0 Å². The number of aliphatic imine (C=N–C) groups is 1. The maximum absolute atomic E-state index is 12.7. The second-order valence-electron chi connectivity index (χ2n) is 3.34. The van der Waals surface area contributed by atoms with Gasteiger partial charge in [0.05, 0.1) is 12.0 Å². The van der Waals surface area contributed by atoms with E-state index in [9.17, 15) is 23.1 Å². The summed E-state index contributed by atoms with van der Waals surface area (Å²) in [6.45, 7) is 1.03. The first-order valence-corrected chi connectivity index (χ1v) is 4.73. The summed E-state index contributed by atoms with van der Waals surface area (Å²) >= 11 is 0. The van der Waals surface area contributed by atoms with E-state index in [-0.39, 0.29) is 56.9 Å². The minimum atomic E-state index is -4.70. The number of hydrogen-bond donors (Lipinski definition) is 0. The van der Waals surface area contributed by atoms with Crippen molar-refractivity contribution in [1.29, 1.82) is 0 Å². The van der Waals surface area contributed by atoms with E-state index >= 15 is 0 Å². The van der Waals surface area contributed by atoms with E-state index < -0.39 is 23.9 Å². The Morgan fingerprint density at radius 2 is 1.78 bits per heavy atom. The summed E-state index contributed by atoms with van der Waals surface area (Å²) in [5, 5.41) is 10.4. The summed E-state index contributed by atoms with van der Waals surface area (Å²) in [6, 6.07) is 5.27. The summed E-state index contributed by atoms with van der Waals surface area (Å²) in [5.74, 6) is -1.65. The predicted molar refractivity (Wildman–Crippen MR) is 53.5 cm³/mol. The van der Waals surface area contributed by atoms with Crippen molar-refractivity contribution in [2.24, 2.45) is 4.99 Å². The van der Waals surface area contributed by atoms with Gasteiger partial charge in [-0.2, -0.15) is 13.2 Å². The first kappa shape index (κ1) is 17.8. The quantitative estimate of drug-likeness (QED) is 0.484. The molecule has 18 heavy (non-hydrogen) atoms. The average molecular weight is 283 g/mol. The number of carbonyl (C=O) groups excluding carboxylic acids is 1. The van der Waals surface area contributed by atoms with Gasteiger partial charge in [0.2, 0.25) is 0 Å². The second-order valence-corrected chi connectivity index (χ2v) is 3.34. The van der Waals surface area contributed by atoms with E-state index in [1.165, 1.54) is 24.3 Å². The summed E-state index contributed by atoms with van der Waals surface area (Å²) < 4.78 is 38.1. The zero-order chi connectivity index (χ0) is 13.1. The van der Waals surface area contributed by atoms with Crippen LogP contribution in [-0.2, 0) is 4.79 Å². The Morgan fingerprint density at radius 3 is 2.17 bits per heavy atom. The molecule has 0 saturated carbocycles. The molecule has 7 heteroatoms. The summed E-state index contributed by atoms with van der Waals surface area (Å²) in [5.41, 5.74) is -1.39. The van der Waals surface area contributed by atoms with Crippen LogP contribution in [0.1, 0.15) is 12.5 Å². The molecule has 1 aromatic rings. The van der Waals surface area contributed by atoms with Crippen molar-refractivity contribution in [3.63, 3.8) is 0 Å². The van der Waals surface area contributed by atoms with Gasteiger partial charge in [0.15, 0.2) is 0 Å². The number of carbonyl (C=O) groups is 1. The van der Waals surface area contributed by atoms with Gasteiger partial charge in [-0.15, -0.1) is 0 Å². The fraction of sp³-hybridized carbons (Fsp3) is 0.273. The number of carboxylic acid groups (broad SMARTS) is 1. The number of aliphatic carboxylic acids is 1. The number of nitrogens with zero attached hydrogens (tertiary/aromatic N) is 1. The van der Waals surface area contributed by atoms with Crippen molar-refractivity contribution >= 4 is 11.7 Å². The molecule has 0 heterocycles. The molecule has 3 nitrogen and oxygen atoms in total. The number of carboxylic acids is 1. The Hall–Kier alpha value is -0.214. The van der Waals surface area contributed by atoms with Crippen LogP contribution in [0.25, 0.3) is 0 Å². The summed E-state index contributed by atoms with van der Waals surface area (Å²) in [6.07, 6.45) is -4.70. The molecular formula is C11H9F3KNO2.